The monoisotopic (exact) mass is 531 g/mol. The van der Waals surface area contributed by atoms with Gasteiger partial charge in [0.1, 0.15) is 5.82 Å². The van der Waals surface area contributed by atoms with Gasteiger partial charge in [0.25, 0.3) is 5.91 Å². The molecule has 6 nitrogen and oxygen atoms in total. The molecule has 1 fully saturated rings. The number of aryl methyl sites for hydroxylation is 1. The number of hydrogen-bond acceptors (Lipinski definition) is 7. The number of nitrogens with zero attached hydrogens (tertiary/aromatic N) is 3. The van der Waals surface area contributed by atoms with Crippen molar-refractivity contribution in [1.29, 1.82) is 0 Å². The van der Waals surface area contributed by atoms with Crippen LogP contribution in [0.1, 0.15) is 39.2 Å². The first-order valence-electron chi connectivity index (χ1n) is 12.5. The molecule has 2 aromatic heterocycles. The maximum absolute atomic E-state index is 13.9. The number of rotatable bonds is 7. The van der Waals surface area contributed by atoms with Crippen LogP contribution in [-0.4, -0.2) is 41.9 Å². The minimum absolute atomic E-state index is 0.0374. The second-order valence-corrected chi connectivity index (χ2v) is 11.3. The smallest absolute Gasteiger partial charge is 0.264 e. The Morgan fingerprint density at radius 2 is 1.89 bits per heavy atom. The molecule has 0 spiro atoms. The topological polar surface area (TPSA) is 54.9 Å². The lowest BCUT2D eigenvalue weighted by molar-refractivity contribution is 0.0734. The minimum Gasteiger partial charge on any atom is -0.454 e. The van der Waals surface area contributed by atoms with E-state index in [1.54, 1.807) is 11.8 Å². The highest BCUT2D eigenvalue weighted by molar-refractivity contribution is 7.98. The number of hydrogen-bond donors (Lipinski definition) is 0. The van der Waals surface area contributed by atoms with Crippen LogP contribution in [0, 0.1) is 6.92 Å². The van der Waals surface area contributed by atoms with Crippen molar-refractivity contribution >= 4 is 45.7 Å². The van der Waals surface area contributed by atoms with E-state index in [1.165, 1.54) is 16.2 Å². The lowest BCUT2D eigenvalue weighted by atomic mass is 10.1. The quantitative estimate of drug-likeness (QED) is 0.254. The molecule has 1 amide bonds. The van der Waals surface area contributed by atoms with Crippen molar-refractivity contribution in [3.8, 4) is 11.5 Å². The van der Waals surface area contributed by atoms with Crippen LogP contribution in [0.15, 0.2) is 58.8 Å². The van der Waals surface area contributed by atoms with Crippen LogP contribution in [0.3, 0.4) is 0 Å². The number of fused-ring (bicyclic) bond motifs is 2. The van der Waals surface area contributed by atoms with Crippen LogP contribution in [0.25, 0.3) is 10.9 Å². The van der Waals surface area contributed by atoms with E-state index in [4.69, 9.17) is 14.5 Å². The van der Waals surface area contributed by atoms with Gasteiger partial charge in [-0.2, -0.15) is 0 Å². The largest absolute Gasteiger partial charge is 0.454 e. The number of anilines is 1. The Balaban J connectivity index is 1.40. The summed E-state index contributed by atoms with van der Waals surface area (Å²) < 4.78 is 11.1. The maximum atomic E-state index is 13.9. The maximum Gasteiger partial charge on any atom is 0.264 e. The number of thiophene rings is 1. The lowest BCUT2D eigenvalue weighted by Gasteiger charge is -2.27. The zero-order valence-electron chi connectivity index (χ0n) is 21.0. The molecular weight excluding hydrogens is 502 g/mol. The van der Waals surface area contributed by atoms with Gasteiger partial charge < -0.3 is 19.3 Å². The molecule has 0 saturated carbocycles. The van der Waals surface area contributed by atoms with E-state index in [9.17, 15) is 4.79 Å². The van der Waals surface area contributed by atoms with Crippen molar-refractivity contribution in [2.24, 2.45) is 0 Å². The first-order chi connectivity index (χ1) is 18.1. The van der Waals surface area contributed by atoms with Gasteiger partial charge in [0.05, 0.1) is 16.9 Å². The van der Waals surface area contributed by atoms with Crippen LogP contribution in [0.4, 0.5) is 5.82 Å². The van der Waals surface area contributed by atoms with Gasteiger partial charge in [0.15, 0.2) is 11.5 Å². The highest BCUT2D eigenvalue weighted by Crippen LogP contribution is 2.34. The summed E-state index contributed by atoms with van der Waals surface area (Å²) in [5.41, 5.74) is 4.09. The zero-order chi connectivity index (χ0) is 25.4. The van der Waals surface area contributed by atoms with Crippen molar-refractivity contribution in [2.75, 3.05) is 31.0 Å². The Kier molecular flexibility index (Phi) is 6.69. The summed E-state index contributed by atoms with van der Waals surface area (Å²) in [4.78, 5) is 25.3. The number of aromatic nitrogens is 1. The number of pyridine rings is 1. The standard InChI is InChI=1S/C29H29N3O3S2/c1-19-9-12-37-27(19)29(33)32(16-20-5-8-25-26(13-20)35-18-34-25)17-22-14-21-6-7-23(36-2)15-24(21)30-28(22)31-10-3-4-11-31/h5-9,12-15H,3-4,10-11,16-18H2,1-2H3. The van der Waals surface area contributed by atoms with E-state index >= 15 is 0 Å². The van der Waals surface area contributed by atoms with E-state index in [0.717, 1.165) is 75.7 Å². The predicted molar refractivity (Wildman–Crippen MR) is 150 cm³/mol. The summed E-state index contributed by atoms with van der Waals surface area (Å²) in [7, 11) is 0. The molecule has 0 unspecified atom stereocenters. The lowest BCUT2D eigenvalue weighted by Crippen LogP contribution is -2.31. The summed E-state index contributed by atoms with van der Waals surface area (Å²) >= 11 is 3.22. The van der Waals surface area contributed by atoms with Crippen LogP contribution in [0.2, 0.25) is 0 Å². The Bertz CT molecular complexity index is 1460. The average Bonchev–Trinajstić information content (AvgIpc) is 3.69. The Labute approximate surface area is 225 Å². The summed E-state index contributed by atoms with van der Waals surface area (Å²) in [5, 5.41) is 3.08. The third kappa shape index (κ3) is 4.88. The van der Waals surface area contributed by atoms with Gasteiger partial charge in [-0.15, -0.1) is 23.1 Å². The van der Waals surface area contributed by atoms with Crippen molar-refractivity contribution in [3.05, 3.63) is 75.5 Å². The molecule has 0 radical (unpaired) electrons. The molecule has 0 bridgehead atoms. The van der Waals surface area contributed by atoms with Gasteiger partial charge in [0, 0.05) is 35.5 Å². The van der Waals surface area contributed by atoms with Gasteiger partial charge in [-0.3, -0.25) is 4.79 Å². The van der Waals surface area contributed by atoms with Crippen molar-refractivity contribution < 1.29 is 14.3 Å². The number of benzene rings is 2. The molecule has 4 heterocycles. The van der Waals surface area contributed by atoms with Crippen molar-refractivity contribution in [2.45, 2.75) is 37.8 Å². The molecule has 2 aliphatic rings. The Hall–Kier alpha value is -3.23. The van der Waals surface area contributed by atoms with Gasteiger partial charge in [-0.25, -0.2) is 4.98 Å². The fourth-order valence-electron chi connectivity index (χ4n) is 5.03. The first-order valence-corrected chi connectivity index (χ1v) is 14.6. The van der Waals surface area contributed by atoms with E-state index < -0.39 is 0 Å². The molecule has 0 aliphatic carbocycles. The Morgan fingerprint density at radius 1 is 1.05 bits per heavy atom. The second-order valence-electron chi connectivity index (χ2n) is 9.51. The zero-order valence-corrected chi connectivity index (χ0v) is 22.7. The average molecular weight is 532 g/mol. The molecule has 2 aliphatic heterocycles. The molecule has 4 aromatic rings. The summed E-state index contributed by atoms with van der Waals surface area (Å²) in [6.45, 7) is 5.16. The first kappa shape index (κ1) is 24.1. The van der Waals surface area contributed by atoms with Crippen molar-refractivity contribution in [1.82, 2.24) is 9.88 Å². The molecule has 2 aromatic carbocycles. The Morgan fingerprint density at radius 3 is 2.68 bits per heavy atom. The number of amides is 1. The summed E-state index contributed by atoms with van der Waals surface area (Å²) in [6, 6.07) is 16.6. The fourth-order valence-corrected chi connectivity index (χ4v) is 6.35. The number of thioether (sulfide) groups is 1. The molecule has 8 heteroatoms. The number of carbonyl (C=O) groups is 1. The molecule has 190 valence electrons. The molecular formula is C29H29N3O3S2. The van der Waals surface area contributed by atoms with Crippen LogP contribution >= 0.6 is 23.1 Å². The summed E-state index contributed by atoms with van der Waals surface area (Å²) in [5.74, 6) is 2.51. The molecule has 0 atom stereocenters. The highest BCUT2D eigenvalue weighted by atomic mass is 32.2. The van der Waals surface area contributed by atoms with E-state index in [1.807, 2.05) is 41.5 Å². The normalized spacial score (nSPS) is 14.5. The van der Waals surface area contributed by atoms with Gasteiger partial charge in [-0.1, -0.05) is 12.1 Å². The van der Waals surface area contributed by atoms with E-state index in [2.05, 4.69) is 35.4 Å². The number of ether oxygens (including phenoxy) is 2. The third-order valence-corrected chi connectivity index (χ3v) is 8.73. The van der Waals surface area contributed by atoms with E-state index in [0.29, 0.717) is 13.1 Å². The van der Waals surface area contributed by atoms with E-state index in [-0.39, 0.29) is 12.7 Å². The highest BCUT2D eigenvalue weighted by Gasteiger charge is 2.25. The SMILES string of the molecule is CSc1ccc2cc(CN(Cc3ccc4c(c3)OCO4)C(=O)c3sccc3C)c(N3CCCC3)nc2c1. The van der Waals surface area contributed by atoms with Gasteiger partial charge >= 0.3 is 0 Å². The van der Waals surface area contributed by atoms with Crippen molar-refractivity contribution in [3.63, 3.8) is 0 Å². The van der Waals surface area contributed by atoms with Crippen LogP contribution < -0.4 is 14.4 Å². The second kappa shape index (κ2) is 10.3. The van der Waals surface area contributed by atoms with Crippen LogP contribution in [-0.2, 0) is 13.1 Å². The van der Waals surface area contributed by atoms with Gasteiger partial charge in [0.2, 0.25) is 6.79 Å². The minimum atomic E-state index is 0.0374. The molecule has 0 N–H and O–H groups in total. The third-order valence-electron chi connectivity index (χ3n) is 7.00. The van der Waals surface area contributed by atoms with Gasteiger partial charge in [-0.05, 0) is 78.9 Å². The van der Waals surface area contributed by atoms with Crippen LogP contribution in [0.5, 0.6) is 11.5 Å². The fraction of sp³-hybridized carbons (Fsp3) is 0.310. The molecule has 37 heavy (non-hydrogen) atoms. The molecule has 6 rings (SSSR count). The molecule has 1 saturated heterocycles. The number of carbonyl (C=O) groups excluding carboxylic acids is 1. The summed E-state index contributed by atoms with van der Waals surface area (Å²) in [6.07, 6.45) is 4.42. The predicted octanol–water partition coefficient (Wildman–Crippen LogP) is 6.50.